The van der Waals surface area contributed by atoms with Crippen molar-refractivity contribution in [2.24, 2.45) is 0 Å². The van der Waals surface area contributed by atoms with Gasteiger partial charge in [-0.1, -0.05) is 29.5 Å². The molecule has 1 amide bonds. The summed E-state index contributed by atoms with van der Waals surface area (Å²) in [5.74, 6) is 1.69. The Kier molecular flexibility index (Phi) is 7.44. The van der Waals surface area contributed by atoms with Gasteiger partial charge in [-0.25, -0.2) is 4.39 Å². The lowest BCUT2D eigenvalue weighted by molar-refractivity contribution is -0.113. The first-order valence-electron chi connectivity index (χ1n) is 10.5. The zero-order chi connectivity index (χ0) is 23.9. The van der Waals surface area contributed by atoms with Crippen molar-refractivity contribution in [3.8, 4) is 17.2 Å². The van der Waals surface area contributed by atoms with E-state index in [9.17, 15) is 9.18 Å². The summed E-state index contributed by atoms with van der Waals surface area (Å²) in [4.78, 5) is 12.3. The highest BCUT2D eigenvalue weighted by Crippen LogP contribution is 2.25. The Balaban J connectivity index is 1.24. The molecular weight excluding hydrogens is 457 g/mol. The molecule has 0 bridgehead atoms. The molecule has 3 aromatic carbocycles. The second-order valence-corrected chi connectivity index (χ2v) is 8.32. The number of amides is 1. The number of thioether (sulfide) groups is 1. The number of carbonyl (C=O) groups is 1. The SMILES string of the molecule is Cc1ccc(Oc2ccc(NC(=O)CSc3nnc(C(C)Oc4ccc(F)cc4)o3)cc2)cc1. The van der Waals surface area contributed by atoms with Crippen molar-refractivity contribution < 1.29 is 23.1 Å². The first-order valence-corrected chi connectivity index (χ1v) is 11.5. The van der Waals surface area contributed by atoms with Gasteiger partial charge >= 0.3 is 0 Å². The number of nitrogens with zero attached hydrogens (tertiary/aromatic N) is 2. The summed E-state index contributed by atoms with van der Waals surface area (Å²) in [6, 6.07) is 20.5. The first kappa shape index (κ1) is 23.3. The minimum atomic E-state index is -0.526. The predicted octanol–water partition coefficient (Wildman–Crippen LogP) is 6.18. The number of carbonyl (C=O) groups excluding carboxylic acids is 1. The van der Waals surface area contributed by atoms with Crippen molar-refractivity contribution in [3.05, 3.63) is 90.1 Å². The van der Waals surface area contributed by atoms with E-state index in [1.165, 1.54) is 24.3 Å². The molecule has 0 radical (unpaired) electrons. The molecule has 0 aliphatic heterocycles. The van der Waals surface area contributed by atoms with Gasteiger partial charge in [0.25, 0.3) is 11.1 Å². The predicted molar refractivity (Wildman–Crippen MR) is 127 cm³/mol. The summed E-state index contributed by atoms with van der Waals surface area (Å²) in [7, 11) is 0. The van der Waals surface area contributed by atoms with Crippen molar-refractivity contribution in [2.45, 2.75) is 25.2 Å². The Morgan fingerprint density at radius 1 is 0.971 bits per heavy atom. The molecule has 1 unspecified atom stereocenters. The summed E-state index contributed by atoms with van der Waals surface area (Å²) in [6.07, 6.45) is -0.526. The van der Waals surface area contributed by atoms with Crippen LogP contribution in [0, 0.1) is 12.7 Å². The molecule has 4 rings (SSSR count). The average Bonchev–Trinajstić information content (AvgIpc) is 3.31. The van der Waals surface area contributed by atoms with Gasteiger partial charge in [-0.15, -0.1) is 10.2 Å². The van der Waals surface area contributed by atoms with Gasteiger partial charge in [-0.3, -0.25) is 4.79 Å². The molecule has 174 valence electrons. The number of nitrogens with one attached hydrogen (secondary N) is 1. The zero-order valence-corrected chi connectivity index (χ0v) is 19.3. The van der Waals surface area contributed by atoms with E-state index in [0.29, 0.717) is 17.2 Å². The Labute approximate surface area is 200 Å². The van der Waals surface area contributed by atoms with Gasteiger partial charge in [-0.05, 0) is 74.5 Å². The van der Waals surface area contributed by atoms with Gasteiger partial charge < -0.3 is 19.2 Å². The Morgan fingerprint density at radius 3 is 2.26 bits per heavy atom. The molecule has 0 spiro atoms. The molecule has 9 heteroatoms. The third-order valence-corrected chi connectivity index (χ3v) is 5.44. The molecule has 1 heterocycles. The van der Waals surface area contributed by atoms with Crippen LogP contribution in [0.3, 0.4) is 0 Å². The molecule has 4 aromatic rings. The lowest BCUT2D eigenvalue weighted by Gasteiger charge is -2.10. The van der Waals surface area contributed by atoms with Crippen molar-refractivity contribution >= 4 is 23.4 Å². The van der Waals surface area contributed by atoms with Crippen LogP contribution in [0.5, 0.6) is 17.2 Å². The maximum atomic E-state index is 13.0. The maximum absolute atomic E-state index is 13.0. The molecule has 1 aromatic heterocycles. The van der Waals surface area contributed by atoms with Crippen molar-refractivity contribution in [3.63, 3.8) is 0 Å². The molecule has 7 nitrogen and oxygen atoms in total. The molecule has 1 atom stereocenters. The fourth-order valence-corrected chi connectivity index (χ4v) is 3.45. The highest BCUT2D eigenvalue weighted by atomic mass is 32.2. The number of aromatic nitrogens is 2. The first-order chi connectivity index (χ1) is 16.4. The number of hydrogen-bond donors (Lipinski definition) is 1. The van der Waals surface area contributed by atoms with Gasteiger partial charge in [0.05, 0.1) is 5.75 Å². The molecule has 0 fully saturated rings. The second kappa shape index (κ2) is 10.8. The van der Waals surface area contributed by atoms with E-state index in [0.717, 1.165) is 23.1 Å². The normalized spacial score (nSPS) is 11.6. The van der Waals surface area contributed by atoms with E-state index in [1.807, 2.05) is 31.2 Å². The number of ether oxygens (including phenoxy) is 2. The van der Waals surface area contributed by atoms with Crippen molar-refractivity contribution in [2.75, 3.05) is 11.1 Å². The van der Waals surface area contributed by atoms with Gasteiger partial charge in [0.1, 0.15) is 23.1 Å². The van der Waals surface area contributed by atoms with Crippen molar-refractivity contribution in [1.82, 2.24) is 10.2 Å². The van der Waals surface area contributed by atoms with Crippen LogP contribution < -0.4 is 14.8 Å². The summed E-state index contributed by atoms with van der Waals surface area (Å²) in [5, 5.41) is 11.0. The zero-order valence-electron chi connectivity index (χ0n) is 18.5. The van der Waals surface area contributed by atoms with E-state index in [-0.39, 0.29) is 28.6 Å². The molecule has 34 heavy (non-hydrogen) atoms. The number of benzene rings is 3. The van der Waals surface area contributed by atoms with Gasteiger partial charge in [-0.2, -0.15) is 0 Å². The third kappa shape index (κ3) is 6.58. The summed E-state index contributed by atoms with van der Waals surface area (Å²) in [6.45, 7) is 3.76. The Hall–Kier alpha value is -3.85. The number of hydrogen-bond acceptors (Lipinski definition) is 7. The van der Waals surface area contributed by atoms with E-state index >= 15 is 0 Å². The third-order valence-electron chi connectivity index (χ3n) is 4.62. The van der Waals surface area contributed by atoms with Crippen LogP contribution >= 0.6 is 11.8 Å². The lowest BCUT2D eigenvalue weighted by atomic mass is 10.2. The average molecular weight is 480 g/mol. The van der Waals surface area contributed by atoms with Crippen LogP contribution in [-0.2, 0) is 4.79 Å². The molecule has 0 saturated carbocycles. The number of anilines is 1. The smallest absolute Gasteiger partial charge is 0.277 e. The molecular formula is C25H22FN3O4S. The highest BCUT2D eigenvalue weighted by molar-refractivity contribution is 7.99. The Bertz CT molecular complexity index is 1230. The molecule has 0 saturated heterocycles. The van der Waals surface area contributed by atoms with Crippen molar-refractivity contribution in [1.29, 1.82) is 0 Å². The maximum Gasteiger partial charge on any atom is 0.277 e. The van der Waals surface area contributed by atoms with Crippen LogP contribution in [0.1, 0.15) is 24.5 Å². The minimum absolute atomic E-state index is 0.0937. The molecule has 0 aliphatic rings. The van der Waals surface area contributed by atoms with Gasteiger partial charge in [0.2, 0.25) is 5.91 Å². The van der Waals surface area contributed by atoms with E-state index < -0.39 is 6.10 Å². The highest BCUT2D eigenvalue weighted by Gasteiger charge is 2.17. The largest absolute Gasteiger partial charge is 0.481 e. The van der Waals surface area contributed by atoms with Crippen LogP contribution in [0.25, 0.3) is 0 Å². The van der Waals surface area contributed by atoms with E-state index in [1.54, 1.807) is 31.2 Å². The number of aryl methyl sites for hydroxylation is 1. The van der Waals surface area contributed by atoms with E-state index in [2.05, 4.69) is 15.5 Å². The second-order valence-electron chi connectivity index (χ2n) is 7.40. The number of halogens is 1. The van der Waals surface area contributed by atoms with Crippen LogP contribution in [0.4, 0.5) is 10.1 Å². The van der Waals surface area contributed by atoms with Crippen LogP contribution in [-0.4, -0.2) is 21.9 Å². The van der Waals surface area contributed by atoms with Gasteiger partial charge in [0, 0.05) is 5.69 Å². The monoisotopic (exact) mass is 479 g/mol. The topological polar surface area (TPSA) is 86.5 Å². The quantitative estimate of drug-likeness (QED) is 0.287. The minimum Gasteiger partial charge on any atom is -0.481 e. The lowest BCUT2D eigenvalue weighted by Crippen LogP contribution is -2.13. The van der Waals surface area contributed by atoms with Gasteiger partial charge in [0.15, 0.2) is 6.10 Å². The molecule has 0 aliphatic carbocycles. The fraction of sp³-hybridized carbons (Fsp3) is 0.160. The van der Waals surface area contributed by atoms with E-state index in [4.69, 9.17) is 13.9 Å². The Morgan fingerprint density at radius 2 is 1.59 bits per heavy atom. The summed E-state index contributed by atoms with van der Waals surface area (Å²) < 4.78 is 30.0. The van der Waals surface area contributed by atoms with Crippen LogP contribution in [0.2, 0.25) is 0 Å². The fourth-order valence-electron chi connectivity index (χ4n) is 2.88. The number of rotatable bonds is 9. The molecule has 1 N–H and O–H groups in total. The summed E-state index contributed by atoms with van der Waals surface area (Å²) in [5.41, 5.74) is 1.81. The van der Waals surface area contributed by atoms with Crippen LogP contribution in [0.15, 0.2) is 82.4 Å². The standard InChI is InChI=1S/C25H22FN3O4S/c1-16-3-9-21(10-4-16)32-22-13-7-19(8-14-22)27-23(30)15-34-25-29-28-24(33-25)17(2)31-20-11-5-18(26)6-12-20/h3-14,17H,15H2,1-2H3,(H,27,30). The summed E-state index contributed by atoms with van der Waals surface area (Å²) >= 11 is 1.12.